The highest BCUT2D eigenvalue weighted by atomic mass is 16.5. The molecule has 1 saturated heterocycles. The van der Waals surface area contributed by atoms with Crippen molar-refractivity contribution in [1.82, 2.24) is 20.3 Å². The molecule has 2 aliphatic rings. The molecule has 25 heavy (non-hydrogen) atoms. The summed E-state index contributed by atoms with van der Waals surface area (Å²) in [6, 6.07) is 0. The van der Waals surface area contributed by atoms with Gasteiger partial charge in [-0.05, 0) is 26.7 Å². The van der Waals surface area contributed by atoms with Gasteiger partial charge >= 0.3 is 0 Å². The average Bonchev–Trinajstić information content (AvgIpc) is 3.32. The van der Waals surface area contributed by atoms with Gasteiger partial charge in [0.25, 0.3) is 0 Å². The molecular formula is C18H24N4O3. The Kier molecular flexibility index (Phi) is 4.33. The van der Waals surface area contributed by atoms with E-state index in [4.69, 9.17) is 9.26 Å². The standard InChI is InChI=1S/C18H24N4O3/c1-11-14(12(2)25-21-11)3-4-17(23)22-7-5-13(9-22)18-15-10-24-8-6-16(15)19-20-18/h13H,3-10H2,1-2H3,(H,19,20). The number of nitrogens with zero attached hydrogens (tertiary/aromatic N) is 3. The summed E-state index contributed by atoms with van der Waals surface area (Å²) in [5.74, 6) is 1.32. The smallest absolute Gasteiger partial charge is 0.222 e. The first-order valence-electron chi connectivity index (χ1n) is 8.96. The molecule has 1 N–H and O–H groups in total. The van der Waals surface area contributed by atoms with Crippen molar-refractivity contribution in [3.05, 3.63) is 34.0 Å². The zero-order valence-corrected chi connectivity index (χ0v) is 14.8. The second kappa shape index (κ2) is 6.63. The van der Waals surface area contributed by atoms with Crippen LogP contribution in [0.15, 0.2) is 4.52 Å². The molecule has 0 saturated carbocycles. The van der Waals surface area contributed by atoms with Gasteiger partial charge in [0.15, 0.2) is 0 Å². The lowest BCUT2D eigenvalue weighted by Gasteiger charge is -2.17. The van der Waals surface area contributed by atoms with Crippen LogP contribution in [0.5, 0.6) is 0 Å². The number of aromatic amines is 1. The number of carbonyl (C=O) groups excluding carboxylic acids is 1. The van der Waals surface area contributed by atoms with E-state index in [0.29, 0.717) is 25.4 Å². The quantitative estimate of drug-likeness (QED) is 0.917. The number of aryl methyl sites for hydroxylation is 2. The number of nitrogens with one attached hydrogen (secondary N) is 1. The van der Waals surface area contributed by atoms with E-state index in [2.05, 4.69) is 15.4 Å². The van der Waals surface area contributed by atoms with Crippen LogP contribution in [-0.4, -0.2) is 45.9 Å². The zero-order chi connectivity index (χ0) is 17.4. The van der Waals surface area contributed by atoms with Crippen LogP contribution in [0.2, 0.25) is 0 Å². The van der Waals surface area contributed by atoms with Crippen molar-refractivity contribution in [3.63, 3.8) is 0 Å². The van der Waals surface area contributed by atoms with Gasteiger partial charge in [0.1, 0.15) is 5.76 Å². The van der Waals surface area contributed by atoms with Crippen LogP contribution in [-0.2, 0) is 29.0 Å². The number of hydrogen-bond donors (Lipinski definition) is 1. The van der Waals surface area contributed by atoms with Gasteiger partial charge in [-0.25, -0.2) is 0 Å². The van der Waals surface area contributed by atoms with Crippen LogP contribution in [0.25, 0.3) is 0 Å². The Morgan fingerprint density at radius 3 is 3.08 bits per heavy atom. The maximum Gasteiger partial charge on any atom is 0.222 e. The molecule has 0 aliphatic carbocycles. The molecule has 7 nitrogen and oxygen atoms in total. The number of rotatable bonds is 4. The first-order valence-corrected chi connectivity index (χ1v) is 8.96. The Hall–Kier alpha value is -2.15. The van der Waals surface area contributed by atoms with E-state index in [1.54, 1.807) is 0 Å². The molecule has 4 heterocycles. The second-order valence-electron chi connectivity index (χ2n) is 7.00. The van der Waals surface area contributed by atoms with Gasteiger partial charge < -0.3 is 14.2 Å². The lowest BCUT2D eigenvalue weighted by Crippen LogP contribution is -2.28. The summed E-state index contributed by atoms with van der Waals surface area (Å²) >= 11 is 0. The van der Waals surface area contributed by atoms with Crippen LogP contribution < -0.4 is 0 Å². The van der Waals surface area contributed by atoms with E-state index in [9.17, 15) is 4.79 Å². The van der Waals surface area contributed by atoms with E-state index in [0.717, 1.165) is 55.2 Å². The Morgan fingerprint density at radius 2 is 2.28 bits per heavy atom. The molecule has 0 aromatic carbocycles. The van der Waals surface area contributed by atoms with Crippen molar-refractivity contribution in [2.45, 2.75) is 52.1 Å². The van der Waals surface area contributed by atoms with Gasteiger partial charge in [-0.1, -0.05) is 5.16 Å². The third kappa shape index (κ3) is 3.08. The number of carbonyl (C=O) groups is 1. The van der Waals surface area contributed by atoms with E-state index >= 15 is 0 Å². The fourth-order valence-electron chi connectivity index (χ4n) is 3.93. The number of H-pyrrole nitrogens is 1. The largest absolute Gasteiger partial charge is 0.376 e. The maximum absolute atomic E-state index is 12.6. The Balaban J connectivity index is 1.37. The molecule has 134 valence electrons. The van der Waals surface area contributed by atoms with Crippen LogP contribution in [0, 0.1) is 13.8 Å². The number of amides is 1. The van der Waals surface area contributed by atoms with Gasteiger partial charge in [0.2, 0.25) is 5.91 Å². The molecule has 1 atom stereocenters. The van der Waals surface area contributed by atoms with E-state index in [1.165, 1.54) is 11.3 Å². The van der Waals surface area contributed by atoms with Crippen molar-refractivity contribution >= 4 is 5.91 Å². The summed E-state index contributed by atoms with van der Waals surface area (Å²) < 4.78 is 10.7. The van der Waals surface area contributed by atoms with Crippen LogP contribution in [0.3, 0.4) is 0 Å². The van der Waals surface area contributed by atoms with E-state index in [1.807, 2.05) is 18.7 Å². The summed E-state index contributed by atoms with van der Waals surface area (Å²) in [6.07, 6.45) is 3.05. The minimum Gasteiger partial charge on any atom is -0.376 e. The van der Waals surface area contributed by atoms with Crippen molar-refractivity contribution in [2.75, 3.05) is 19.7 Å². The molecule has 2 aromatic heterocycles. The minimum atomic E-state index is 0.197. The summed E-state index contributed by atoms with van der Waals surface area (Å²) in [4.78, 5) is 14.6. The predicted molar refractivity (Wildman–Crippen MR) is 90.2 cm³/mol. The average molecular weight is 344 g/mol. The molecule has 2 aliphatic heterocycles. The Morgan fingerprint density at radius 1 is 1.40 bits per heavy atom. The van der Waals surface area contributed by atoms with Crippen molar-refractivity contribution in [2.24, 2.45) is 0 Å². The lowest BCUT2D eigenvalue weighted by molar-refractivity contribution is -0.130. The molecule has 1 unspecified atom stereocenters. The third-order valence-corrected chi connectivity index (χ3v) is 5.43. The third-order valence-electron chi connectivity index (χ3n) is 5.43. The lowest BCUT2D eigenvalue weighted by atomic mass is 9.98. The predicted octanol–water partition coefficient (Wildman–Crippen LogP) is 2.04. The van der Waals surface area contributed by atoms with Gasteiger partial charge in [-0.3, -0.25) is 9.89 Å². The fourth-order valence-corrected chi connectivity index (χ4v) is 3.93. The van der Waals surface area contributed by atoms with Crippen molar-refractivity contribution < 1.29 is 14.1 Å². The highest BCUT2D eigenvalue weighted by Gasteiger charge is 2.32. The highest BCUT2D eigenvalue weighted by Crippen LogP contribution is 2.31. The van der Waals surface area contributed by atoms with Crippen LogP contribution in [0.4, 0.5) is 0 Å². The van der Waals surface area contributed by atoms with Gasteiger partial charge in [-0.2, -0.15) is 5.10 Å². The highest BCUT2D eigenvalue weighted by molar-refractivity contribution is 5.77. The first kappa shape index (κ1) is 16.3. The molecule has 0 bridgehead atoms. The Bertz CT molecular complexity index is 760. The Labute approximate surface area is 146 Å². The molecule has 1 amide bonds. The summed E-state index contributed by atoms with van der Waals surface area (Å²) in [5.41, 5.74) is 5.44. The molecular weight excluding hydrogens is 320 g/mol. The monoisotopic (exact) mass is 344 g/mol. The molecule has 4 rings (SSSR count). The van der Waals surface area contributed by atoms with Crippen molar-refractivity contribution in [1.29, 1.82) is 0 Å². The van der Waals surface area contributed by atoms with Crippen LogP contribution in [0.1, 0.15) is 52.7 Å². The summed E-state index contributed by atoms with van der Waals surface area (Å²) in [5, 5.41) is 11.6. The normalized spacial score (nSPS) is 20.1. The molecule has 1 fully saturated rings. The van der Waals surface area contributed by atoms with E-state index < -0.39 is 0 Å². The fraction of sp³-hybridized carbons (Fsp3) is 0.611. The number of fused-ring (bicyclic) bond motifs is 1. The maximum atomic E-state index is 12.6. The molecule has 0 spiro atoms. The van der Waals surface area contributed by atoms with Crippen molar-refractivity contribution in [3.8, 4) is 0 Å². The molecule has 2 aromatic rings. The van der Waals surface area contributed by atoms with E-state index in [-0.39, 0.29) is 5.91 Å². The number of likely N-dealkylation sites (tertiary alicyclic amines) is 1. The zero-order valence-electron chi connectivity index (χ0n) is 14.8. The molecule has 0 radical (unpaired) electrons. The SMILES string of the molecule is Cc1noc(C)c1CCC(=O)N1CCC(c2n[nH]c3c2COCC3)C1. The van der Waals surface area contributed by atoms with Gasteiger partial charge in [0, 0.05) is 48.7 Å². The van der Waals surface area contributed by atoms with Gasteiger partial charge in [0.05, 0.1) is 24.6 Å². The van der Waals surface area contributed by atoms with Gasteiger partial charge in [-0.15, -0.1) is 0 Å². The number of hydrogen-bond acceptors (Lipinski definition) is 5. The van der Waals surface area contributed by atoms with Crippen LogP contribution >= 0.6 is 0 Å². The number of aromatic nitrogens is 3. The minimum absolute atomic E-state index is 0.197. The topological polar surface area (TPSA) is 84.3 Å². The summed E-state index contributed by atoms with van der Waals surface area (Å²) in [7, 11) is 0. The first-order chi connectivity index (χ1) is 12.1. The number of ether oxygens (including phenoxy) is 1. The second-order valence-corrected chi connectivity index (χ2v) is 7.00. The summed E-state index contributed by atoms with van der Waals surface area (Å²) in [6.45, 7) is 6.76. The molecule has 7 heteroatoms.